The number of hydrazone groups is 1. The topological polar surface area (TPSA) is 146 Å². The molecular weight excluding hydrogens is 480 g/mol. The molecule has 0 saturated heterocycles. The van der Waals surface area contributed by atoms with Gasteiger partial charge in [-0.05, 0) is 39.3 Å². The lowest BCUT2D eigenvalue weighted by molar-refractivity contribution is 0.0949. The Hall–Kier alpha value is -4.71. The van der Waals surface area contributed by atoms with Gasteiger partial charge in [0.25, 0.3) is 5.91 Å². The molecule has 5 aromatic rings. The second-order valence-electron chi connectivity index (χ2n) is 7.47. The first kappa shape index (κ1) is 23.1. The fourth-order valence-electron chi connectivity index (χ4n) is 3.58. The molecule has 0 radical (unpaired) electrons. The van der Waals surface area contributed by atoms with Crippen LogP contribution in [0, 0.1) is 0 Å². The highest BCUT2D eigenvalue weighted by Gasteiger charge is 2.24. The molecule has 0 saturated carbocycles. The van der Waals surface area contributed by atoms with Gasteiger partial charge in [0.2, 0.25) is 11.6 Å². The van der Waals surface area contributed by atoms with Crippen LogP contribution in [-0.4, -0.2) is 44.5 Å². The molecule has 0 fully saturated rings. The fourth-order valence-corrected chi connectivity index (χ4v) is 4.49. The molecule has 1 amide bonds. The van der Waals surface area contributed by atoms with Gasteiger partial charge in [0.05, 0.1) is 19.0 Å². The molecule has 0 aliphatic carbocycles. The number of aromatic nitrogens is 5. The van der Waals surface area contributed by atoms with E-state index in [1.54, 1.807) is 13.3 Å². The van der Waals surface area contributed by atoms with Crippen molar-refractivity contribution < 1.29 is 14.2 Å². The van der Waals surface area contributed by atoms with Crippen LogP contribution in [0.25, 0.3) is 16.6 Å². The van der Waals surface area contributed by atoms with E-state index in [9.17, 15) is 4.79 Å². The number of nitrogens with zero attached hydrogens (tertiary/aromatic N) is 6. The Morgan fingerprint density at radius 3 is 2.72 bits per heavy atom. The summed E-state index contributed by atoms with van der Waals surface area (Å²) in [4.78, 5) is 14.1. The third-order valence-electron chi connectivity index (χ3n) is 5.30. The van der Waals surface area contributed by atoms with Gasteiger partial charge in [-0.15, -0.1) is 16.9 Å². The first-order valence-corrected chi connectivity index (χ1v) is 11.7. The van der Waals surface area contributed by atoms with Gasteiger partial charge < -0.3 is 10.5 Å². The molecule has 0 bridgehead atoms. The third-order valence-corrected chi connectivity index (χ3v) is 6.33. The molecule has 11 nitrogen and oxygen atoms in total. The number of hydrogen-bond acceptors (Lipinski definition) is 10. The number of carbonyl (C=O) groups is 1. The highest BCUT2D eigenvalue weighted by atomic mass is 32.2. The van der Waals surface area contributed by atoms with E-state index in [0.29, 0.717) is 17.2 Å². The number of nitrogens with two attached hydrogens (primary N) is 1. The molecule has 0 aliphatic rings. The number of ether oxygens (including phenoxy) is 1. The largest absolute Gasteiger partial charge is 0.496 e. The van der Waals surface area contributed by atoms with Gasteiger partial charge in [-0.25, -0.2) is 10.1 Å². The molecule has 0 unspecified atom stereocenters. The molecule has 5 rings (SSSR count). The van der Waals surface area contributed by atoms with Crippen molar-refractivity contribution in [2.75, 3.05) is 12.8 Å². The number of hydrogen-bond donors (Lipinski definition) is 2. The van der Waals surface area contributed by atoms with Crippen molar-refractivity contribution in [1.29, 1.82) is 0 Å². The molecule has 36 heavy (non-hydrogen) atoms. The Kier molecular flexibility index (Phi) is 6.58. The van der Waals surface area contributed by atoms with Gasteiger partial charge in [-0.1, -0.05) is 53.7 Å². The van der Waals surface area contributed by atoms with Crippen LogP contribution in [0.3, 0.4) is 0 Å². The molecule has 0 aliphatic heterocycles. The summed E-state index contributed by atoms with van der Waals surface area (Å²) >= 11 is 1.50. The van der Waals surface area contributed by atoms with E-state index in [2.05, 4.69) is 31.2 Å². The van der Waals surface area contributed by atoms with Crippen LogP contribution in [0.1, 0.15) is 21.7 Å². The van der Waals surface area contributed by atoms with E-state index in [1.165, 1.54) is 16.4 Å². The Bertz CT molecular complexity index is 1550. The minimum Gasteiger partial charge on any atom is -0.496 e. The van der Waals surface area contributed by atoms with E-state index in [0.717, 1.165) is 21.2 Å². The SMILES string of the molecule is COc1ccc2ccccc2c1/C=N/NC(=O)c1nnn(-c2nonc2N)c1CSc1ccccc1. The van der Waals surface area contributed by atoms with Gasteiger partial charge in [-0.2, -0.15) is 9.78 Å². The maximum atomic E-state index is 13.1. The third kappa shape index (κ3) is 4.61. The van der Waals surface area contributed by atoms with Crippen molar-refractivity contribution in [2.24, 2.45) is 5.10 Å². The number of nitrogen functional groups attached to an aromatic ring is 1. The van der Waals surface area contributed by atoms with Crippen molar-refractivity contribution in [3.63, 3.8) is 0 Å². The monoisotopic (exact) mass is 500 g/mol. The summed E-state index contributed by atoms with van der Waals surface area (Å²) in [6.45, 7) is 0. The second-order valence-corrected chi connectivity index (χ2v) is 8.52. The van der Waals surface area contributed by atoms with Crippen LogP contribution >= 0.6 is 11.8 Å². The van der Waals surface area contributed by atoms with E-state index in [4.69, 9.17) is 15.1 Å². The van der Waals surface area contributed by atoms with Crippen molar-refractivity contribution in [1.82, 2.24) is 30.7 Å². The molecule has 0 atom stereocenters. The van der Waals surface area contributed by atoms with Gasteiger partial charge in [-0.3, -0.25) is 4.79 Å². The average molecular weight is 501 g/mol. The summed E-state index contributed by atoms with van der Waals surface area (Å²) in [6.07, 6.45) is 1.54. The number of nitrogens with one attached hydrogen (secondary N) is 1. The highest BCUT2D eigenvalue weighted by Crippen LogP contribution is 2.27. The standard InChI is InChI=1S/C24H20N8O3S/c1-34-20-12-11-15-7-5-6-10-17(15)18(20)13-26-28-24(33)21-19(14-36-16-8-3-2-4-9-16)32(31-27-21)23-22(25)29-35-30-23/h2-13H,14H2,1H3,(H2,25,29)(H,28,33)/b26-13+. The molecule has 180 valence electrons. The second kappa shape index (κ2) is 10.3. The Morgan fingerprint density at radius 2 is 1.94 bits per heavy atom. The highest BCUT2D eigenvalue weighted by molar-refractivity contribution is 7.98. The molecule has 12 heteroatoms. The van der Waals surface area contributed by atoms with Crippen molar-refractivity contribution in [2.45, 2.75) is 10.6 Å². The summed E-state index contributed by atoms with van der Waals surface area (Å²) in [5, 5.41) is 21.6. The van der Waals surface area contributed by atoms with Crippen LogP contribution in [0.15, 0.2) is 81.4 Å². The molecule has 2 heterocycles. The number of rotatable bonds is 8. The van der Waals surface area contributed by atoms with Gasteiger partial charge in [0.1, 0.15) is 5.75 Å². The normalized spacial score (nSPS) is 11.2. The van der Waals surface area contributed by atoms with E-state index in [1.807, 2.05) is 66.7 Å². The van der Waals surface area contributed by atoms with Crippen molar-refractivity contribution in [3.05, 3.63) is 83.7 Å². The van der Waals surface area contributed by atoms with E-state index >= 15 is 0 Å². The summed E-state index contributed by atoms with van der Waals surface area (Å²) in [5.74, 6) is 0.613. The van der Waals surface area contributed by atoms with Crippen LogP contribution < -0.4 is 15.9 Å². The first-order valence-electron chi connectivity index (χ1n) is 10.8. The Labute approximate surface area is 209 Å². The maximum absolute atomic E-state index is 13.1. The predicted molar refractivity (Wildman–Crippen MR) is 135 cm³/mol. The van der Waals surface area contributed by atoms with Crippen LogP contribution in [0.5, 0.6) is 5.75 Å². The lowest BCUT2D eigenvalue weighted by atomic mass is 10.0. The van der Waals surface area contributed by atoms with E-state index in [-0.39, 0.29) is 17.3 Å². The fraction of sp³-hybridized carbons (Fsp3) is 0.0833. The van der Waals surface area contributed by atoms with Gasteiger partial charge in [0.15, 0.2) is 5.69 Å². The number of methoxy groups -OCH3 is 1. The zero-order valence-electron chi connectivity index (χ0n) is 19.0. The minimum absolute atomic E-state index is 0.0268. The van der Waals surface area contributed by atoms with Crippen molar-refractivity contribution in [3.8, 4) is 11.6 Å². The number of benzene rings is 3. The van der Waals surface area contributed by atoms with E-state index < -0.39 is 5.91 Å². The number of fused-ring (bicyclic) bond motifs is 1. The minimum atomic E-state index is -0.546. The molecule has 3 N–H and O–H groups in total. The predicted octanol–water partition coefficient (Wildman–Crippen LogP) is 3.45. The molecule has 2 aromatic heterocycles. The van der Waals surface area contributed by atoms with Crippen LogP contribution in [-0.2, 0) is 5.75 Å². The molecule has 3 aromatic carbocycles. The first-order chi connectivity index (χ1) is 17.7. The summed E-state index contributed by atoms with van der Waals surface area (Å²) in [7, 11) is 1.58. The van der Waals surface area contributed by atoms with Crippen LogP contribution in [0.2, 0.25) is 0 Å². The van der Waals surface area contributed by atoms with Gasteiger partial charge in [0, 0.05) is 16.2 Å². The number of carbonyl (C=O) groups excluding carboxylic acids is 1. The number of amides is 1. The lowest BCUT2D eigenvalue weighted by Crippen LogP contribution is -2.20. The average Bonchev–Trinajstić information content (AvgIpc) is 3.53. The van der Waals surface area contributed by atoms with Gasteiger partial charge >= 0.3 is 0 Å². The maximum Gasteiger partial charge on any atom is 0.293 e. The Balaban J connectivity index is 1.43. The zero-order chi connectivity index (χ0) is 24.9. The molecular formula is C24H20N8O3S. The lowest BCUT2D eigenvalue weighted by Gasteiger charge is -2.08. The number of thioether (sulfide) groups is 1. The summed E-state index contributed by atoms with van der Waals surface area (Å²) in [5.41, 5.74) is 9.66. The summed E-state index contributed by atoms with van der Waals surface area (Å²) in [6, 6.07) is 21.4. The zero-order valence-corrected chi connectivity index (χ0v) is 19.8. The van der Waals surface area contributed by atoms with Crippen molar-refractivity contribution >= 4 is 40.5 Å². The molecule has 0 spiro atoms. The van der Waals surface area contributed by atoms with Crippen LogP contribution in [0.4, 0.5) is 5.82 Å². The quantitative estimate of drug-likeness (QED) is 0.186. The number of anilines is 1. The Morgan fingerprint density at radius 1 is 1.14 bits per heavy atom. The summed E-state index contributed by atoms with van der Waals surface area (Å²) < 4.78 is 11.5. The smallest absolute Gasteiger partial charge is 0.293 e.